The summed E-state index contributed by atoms with van der Waals surface area (Å²) in [5.74, 6) is 0.604. The van der Waals surface area contributed by atoms with Gasteiger partial charge in [0.1, 0.15) is 0 Å². The van der Waals surface area contributed by atoms with Crippen LogP contribution in [0.1, 0.15) is 18.9 Å². The first-order valence-electron chi connectivity index (χ1n) is 8.97. The highest BCUT2D eigenvalue weighted by molar-refractivity contribution is 9.10. The molecule has 0 aliphatic carbocycles. The topological polar surface area (TPSA) is 58.1 Å². The summed E-state index contributed by atoms with van der Waals surface area (Å²) in [5.41, 5.74) is 1.75. The largest absolute Gasteiger partial charge is 0.342 e. The molecule has 7 heteroatoms. The Hall–Kier alpha value is -1.99. The van der Waals surface area contributed by atoms with Gasteiger partial charge in [-0.1, -0.05) is 28.1 Å². The predicted octanol–water partition coefficient (Wildman–Crippen LogP) is 4.05. The van der Waals surface area contributed by atoms with E-state index in [2.05, 4.69) is 20.9 Å². The average Bonchev–Trinajstić information content (AvgIpc) is 3.03. The van der Waals surface area contributed by atoms with Gasteiger partial charge in [0, 0.05) is 28.5 Å². The zero-order valence-corrected chi connectivity index (χ0v) is 17.1. The summed E-state index contributed by atoms with van der Waals surface area (Å²) in [6.07, 6.45) is 1.60. The number of benzene rings is 2. The highest BCUT2D eigenvalue weighted by atomic mass is 79.9. The fourth-order valence-electron chi connectivity index (χ4n) is 3.58. The van der Waals surface area contributed by atoms with Crippen molar-refractivity contribution < 1.29 is 4.79 Å². The summed E-state index contributed by atoms with van der Waals surface area (Å²) in [6, 6.07) is 15.9. The minimum atomic E-state index is -0.0632. The molecule has 0 radical (unpaired) electrons. The van der Waals surface area contributed by atoms with Crippen LogP contribution in [-0.4, -0.2) is 39.2 Å². The molecule has 1 amide bonds. The number of carbonyl (C=O) groups excluding carboxylic acids is 1. The minimum absolute atomic E-state index is 0.0632. The molecule has 0 atom stereocenters. The number of nitrogens with one attached hydrogen (secondary N) is 1. The van der Waals surface area contributed by atoms with E-state index in [4.69, 9.17) is 0 Å². The fraction of sp³-hybridized carbons (Fsp3) is 0.300. The summed E-state index contributed by atoms with van der Waals surface area (Å²) in [4.78, 5) is 30.8. The Kier molecular flexibility index (Phi) is 5.41. The van der Waals surface area contributed by atoms with Gasteiger partial charge in [0.05, 0.1) is 16.8 Å². The van der Waals surface area contributed by atoms with E-state index >= 15 is 0 Å². The Morgan fingerprint density at radius 3 is 2.56 bits per heavy atom. The summed E-state index contributed by atoms with van der Waals surface area (Å²) >= 11 is 4.98. The van der Waals surface area contributed by atoms with Crippen molar-refractivity contribution in [1.29, 1.82) is 0 Å². The average molecular weight is 446 g/mol. The van der Waals surface area contributed by atoms with Crippen LogP contribution in [0.2, 0.25) is 0 Å². The summed E-state index contributed by atoms with van der Waals surface area (Å²) in [6.45, 7) is 1.38. The molecule has 2 heterocycles. The Balaban J connectivity index is 1.37. The van der Waals surface area contributed by atoms with Gasteiger partial charge in [-0.2, -0.15) is 0 Å². The van der Waals surface area contributed by atoms with Gasteiger partial charge in [-0.15, -0.1) is 11.8 Å². The number of hydrogen-bond acceptors (Lipinski definition) is 3. The van der Waals surface area contributed by atoms with Crippen molar-refractivity contribution in [1.82, 2.24) is 14.5 Å². The third-order valence-corrected chi connectivity index (χ3v) is 6.51. The van der Waals surface area contributed by atoms with Crippen LogP contribution in [0.4, 0.5) is 0 Å². The van der Waals surface area contributed by atoms with Crippen LogP contribution in [0.25, 0.3) is 11.0 Å². The first kappa shape index (κ1) is 18.4. The van der Waals surface area contributed by atoms with E-state index in [0.29, 0.717) is 18.8 Å². The highest BCUT2D eigenvalue weighted by Gasteiger charge is 2.25. The maximum absolute atomic E-state index is 12.5. The number of aromatic amines is 1. The number of nitrogens with zero attached hydrogens (tertiary/aromatic N) is 2. The highest BCUT2D eigenvalue weighted by Crippen LogP contribution is 2.26. The lowest BCUT2D eigenvalue weighted by atomic mass is 10.0. The number of carbonyl (C=O) groups is 1. The summed E-state index contributed by atoms with van der Waals surface area (Å²) in [5, 5.41) is 0. The molecule has 3 aromatic rings. The SMILES string of the molecule is O=C(CSc1ccc(Br)cc1)N1CCC(n2c(=O)[nH]c3ccccc32)CC1. The number of para-hydroxylation sites is 2. The maximum atomic E-state index is 12.5. The van der Waals surface area contributed by atoms with Crippen LogP contribution >= 0.6 is 27.7 Å². The number of imidazole rings is 1. The molecule has 1 fully saturated rings. The van der Waals surface area contributed by atoms with Crippen molar-refractivity contribution in [2.75, 3.05) is 18.8 Å². The van der Waals surface area contributed by atoms with E-state index in [1.54, 1.807) is 11.8 Å². The predicted molar refractivity (Wildman–Crippen MR) is 112 cm³/mol. The van der Waals surface area contributed by atoms with Crippen molar-refractivity contribution in [2.45, 2.75) is 23.8 Å². The fourth-order valence-corrected chi connectivity index (χ4v) is 4.64. The zero-order chi connectivity index (χ0) is 18.8. The molecule has 0 spiro atoms. The van der Waals surface area contributed by atoms with Gasteiger partial charge in [-0.05, 0) is 49.2 Å². The van der Waals surface area contributed by atoms with E-state index in [1.807, 2.05) is 58.0 Å². The molecule has 0 unspecified atom stereocenters. The number of hydrogen-bond donors (Lipinski definition) is 1. The molecule has 0 bridgehead atoms. The molecular formula is C20H20BrN3O2S. The molecule has 1 aromatic heterocycles. The van der Waals surface area contributed by atoms with E-state index in [1.165, 1.54) is 0 Å². The lowest BCUT2D eigenvalue weighted by Gasteiger charge is -2.32. The Morgan fingerprint density at radius 1 is 1.11 bits per heavy atom. The van der Waals surface area contributed by atoms with Gasteiger partial charge in [-0.25, -0.2) is 4.79 Å². The van der Waals surface area contributed by atoms with Crippen molar-refractivity contribution in [3.8, 4) is 0 Å². The third-order valence-electron chi connectivity index (χ3n) is 4.98. The van der Waals surface area contributed by atoms with Crippen LogP contribution in [-0.2, 0) is 4.79 Å². The molecule has 1 saturated heterocycles. The minimum Gasteiger partial charge on any atom is -0.342 e. The molecule has 2 aromatic carbocycles. The summed E-state index contributed by atoms with van der Waals surface area (Å²) < 4.78 is 2.89. The lowest BCUT2D eigenvalue weighted by molar-refractivity contribution is -0.129. The molecule has 1 aliphatic rings. The van der Waals surface area contributed by atoms with Gasteiger partial charge in [0.2, 0.25) is 5.91 Å². The van der Waals surface area contributed by atoms with Crippen LogP contribution in [0.3, 0.4) is 0 Å². The molecule has 0 saturated carbocycles. The standard InChI is InChI=1S/C20H20BrN3O2S/c21-14-5-7-16(8-6-14)27-13-19(25)23-11-9-15(10-12-23)24-18-4-2-1-3-17(18)22-20(24)26/h1-8,15H,9-13H2,(H,22,26). The van der Waals surface area contributed by atoms with E-state index in [0.717, 1.165) is 33.2 Å². The van der Waals surface area contributed by atoms with Crippen LogP contribution < -0.4 is 5.69 Å². The van der Waals surface area contributed by atoms with Crippen molar-refractivity contribution >= 4 is 44.6 Å². The number of fused-ring (bicyclic) bond motifs is 1. The maximum Gasteiger partial charge on any atom is 0.326 e. The van der Waals surface area contributed by atoms with Gasteiger partial charge in [0.25, 0.3) is 0 Å². The monoisotopic (exact) mass is 445 g/mol. The second kappa shape index (κ2) is 7.94. The molecule has 5 nitrogen and oxygen atoms in total. The van der Waals surface area contributed by atoms with Crippen molar-refractivity contribution in [2.24, 2.45) is 0 Å². The van der Waals surface area contributed by atoms with Crippen molar-refractivity contribution in [3.05, 3.63) is 63.5 Å². The van der Waals surface area contributed by atoms with Crippen molar-refractivity contribution in [3.63, 3.8) is 0 Å². The number of halogens is 1. The Morgan fingerprint density at radius 2 is 1.81 bits per heavy atom. The molecule has 27 heavy (non-hydrogen) atoms. The quantitative estimate of drug-likeness (QED) is 0.616. The second-order valence-electron chi connectivity index (χ2n) is 6.67. The Bertz CT molecular complexity index is 1000. The van der Waals surface area contributed by atoms with E-state index < -0.39 is 0 Å². The molecule has 1 N–H and O–H groups in total. The normalized spacial score (nSPS) is 15.4. The number of H-pyrrole nitrogens is 1. The van der Waals surface area contributed by atoms with E-state index in [-0.39, 0.29) is 17.6 Å². The molecule has 140 valence electrons. The van der Waals surface area contributed by atoms with Crippen LogP contribution in [0.5, 0.6) is 0 Å². The molecular weight excluding hydrogens is 426 g/mol. The molecule has 4 rings (SSSR count). The number of aromatic nitrogens is 2. The zero-order valence-electron chi connectivity index (χ0n) is 14.7. The third kappa shape index (κ3) is 3.99. The van der Waals surface area contributed by atoms with Crippen LogP contribution in [0, 0.1) is 0 Å². The lowest BCUT2D eigenvalue weighted by Crippen LogP contribution is -2.41. The number of amides is 1. The first-order valence-corrected chi connectivity index (χ1v) is 10.7. The van der Waals surface area contributed by atoms with E-state index in [9.17, 15) is 9.59 Å². The molecule has 1 aliphatic heterocycles. The smallest absolute Gasteiger partial charge is 0.326 e. The Labute approximate surface area is 169 Å². The van der Waals surface area contributed by atoms with Gasteiger partial charge >= 0.3 is 5.69 Å². The van der Waals surface area contributed by atoms with Crippen LogP contribution in [0.15, 0.2) is 62.7 Å². The van der Waals surface area contributed by atoms with Gasteiger partial charge in [-0.3, -0.25) is 9.36 Å². The van der Waals surface area contributed by atoms with Gasteiger partial charge in [0.15, 0.2) is 0 Å². The second-order valence-corrected chi connectivity index (χ2v) is 8.64. The number of thioether (sulfide) groups is 1. The number of likely N-dealkylation sites (tertiary alicyclic amines) is 1. The summed E-state index contributed by atoms with van der Waals surface area (Å²) in [7, 11) is 0. The first-order chi connectivity index (χ1) is 13.1. The number of rotatable bonds is 4. The van der Waals surface area contributed by atoms with Gasteiger partial charge < -0.3 is 9.88 Å². The number of piperidine rings is 1.